The predicted molar refractivity (Wildman–Crippen MR) is 132 cm³/mol. The molecular formula is C27H33N3O6. The molecule has 5 atom stereocenters. The molecule has 0 saturated carbocycles. The number of rotatable bonds is 3. The molecule has 9 heteroatoms. The molecule has 36 heavy (non-hydrogen) atoms. The van der Waals surface area contributed by atoms with Crippen LogP contribution in [0.15, 0.2) is 6.07 Å². The van der Waals surface area contributed by atoms with Crippen molar-refractivity contribution in [3.8, 4) is 28.7 Å². The zero-order valence-corrected chi connectivity index (χ0v) is 21.3. The van der Waals surface area contributed by atoms with Crippen LogP contribution in [-0.4, -0.2) is 54.5 Å². The fraction of sp³-hybridized carbons (Fsp3) is 0.519. The average molecular weight is 496 g/mol. The number of nitrogens with two attached hydrogens (primary N) is 1. The molecule has 0 aliphatic carbocycles. The quantitative estimate of drug-likeness (QED) is 0.436. The van der Waals surface area contributed by atoms with E-state index in [4.69, 9.17) is 24.7 Å². The van der Waals surface area contributed by atoms with Crippen molar-refractivity contribution in [2.75, 3.05) is 20.4 Å². The van der Waals surface area contributed by atoms with Crippen LogP contribution in [0.1, 0.15) is 59.3 Å². The molecule has 4 N–H and O–H groups in total. The Morgan fingerprint density at radius 3 is 2.67 bits per heavy atom. The second kappa shape index (κ2) is 8.26. The Labute approximate surface area is 210 Å². The number of phenols is 1. The monoisotopic (exact) mass is 495 g/mol. The maximum absolute atomic E-state index is 12.1. The Balaban J connectivity index is 1.57. The smallest absolute Gasteiger partial charge is 0.308 e. The Morgan fingerprint density at radius 2 is 1.97 bits per heavy atom. The first-order valence-corrected chi connectivity index (χ1v) is 12.5. The highest BCUT2D eigenvalue weighted by molar-refractivity contribution is 5.74. The summed E-state index contributed by atoms with van der Waals surface area (Å²) in [5.41, 5.74) is 12.0. The predicted octanol–water partition coefficient (Wildman–Crippen LogP) is 2.56. The third-order valence-electron chi connectivity index (χ3n) is 8.45. The Morgan fingerprint density at radius 1 is 1.22 bits per heavy atom. The highest BCUT2D eigenvalue weighted by atomic mass is 16.7. The molecule has 0 amide bonds. The van der Waals surface area contributed by atoms with Gasteiger partial charge in [-0.15, -0.1) is 0 Å². The van der Waals surface area contributed by atoms with Crippen LogP contribution in [0.25, 0.3) is 0 Å². The molecule has 4 aliphatic rings. The first kappa shape index (κ1) is 23.4. The fourth-order valence-corrected chi connectivity index (χ4v) is 7.06. The van der Waals surface area contributed by atoms with Gasteiger partial charge in [-0.2, -0.15) is 0 Å². The zero-order valence-electron chi connectivity index (χ0n) is 21.3. The third kappa shape index (κ3) is 3.09. The number of ether oxygens (including phenoxy) is 4. The van der Waals surface area contributed by atoms with Gasteiger partial charge in [0.15, 0.2) is 23.0 Å². The van der Waals surface area contributed by atoms with Crippen LogP contribution in [0.5, 0.6) is 28.7 Å². The highest BCUT2D eigenvalue weighted by Crippen LogP contribution is 2.56. The molecule has 0 spiro atoms. The number of hydrogen-bond acceptors (Lipinski definition) is 9. The van der Waals surface area contributed by atoms with Crippen molar-refractivity contribution in [2.45, 2.75) is 70.7 Å². The van der Waals surface area contributed by atoms with E-state index in [0.717, 1.165) is 39.8 Å². The van der Waals surface area contributed by atoms with E-state index in [0.29, 0.717) is 36.0 Å². The van der Waals surface area contributed by atoms with E-state index in [9.17, 15) is 9.90 Å². The summed E-state index contributed by atoms with van der Waals surface area (Å²) in [5.74, 6) is 2.15. The van der Waals surface area contributed by atoms with E-state index in [2.05, 4.69) is 23.2 Å². The van der Waals surface area contributed by atoms with Crippen molar-refractivity contribution in [2.24, 2.45) is 5.73 Å². The zero-order chi connectivity index (χ0) is 25.5. The van der Waals surface area contributed by atoms with Crippen molar-refractivity contribution < 1.29 is 28.8 Å². The average Bonchev–Trinajstić information content (AvgIpc) is 3.33. The topological polar surface area (TPSA) is 116 Å². The summed E-state index contributed by atoms with van der Waals surface area (Å²) >= 11 is 0. The largest absolute Gasteiger partial charge is 0.504 e. The van der Waals surface area contributed by atoms with Crippen LogP contribution in [-0.2, 0) is 17.6 Å². The van der Waals surface area contributed by atoms with Crippen molar-refractivity contribution in [1.29, 1.82) is 0 Å². The molecule has 2 aromatic carbocycles. The van der Waals surface area contributed by atoms with Gasteiger partial charge >= 0.3 is 5.97 Å². The number of esters is 1. The summed E-state index contributed by atoms with van der Waals surface area (Å²) in [6.45, 7) is 7.98. The number of phenolic OH excluding ortho intramolecular Hbond substituents is 1. The minimum Gasteiger partial charge on any atom is -0.504 e. The number of methoxy groups -OCH3 is 1. The lowest BCUT2D eigenvalue weighted by Gasteiger charge is -2.57. The van der Waals surface area contributed by atoms with Crippen LogP contribution in [0.2, 0.25) is 0 Å². The third-order valence-corrected chi connectivity index (χ3v) is 8.45. The Hall–Kier alpha value is -3.01. The molecule has 1 unspecified atom stereocenters. The van der Waals surface area contributed by atoms with Crippen LogP contribution in [0, 0.1) is 13.8 Å². The molecule has 1 fully saturated rings. The van der Waals surface area contributed by atoms with Gasteiger partial charge in [0, 0.05) is 53.8 Å². The van der Waals surface area contributed by atoms with Crippen molar-refractivity contribution in [1.82, 2.24) is 10.2 Å². The highest BCUT2D eigenvalue weighted by Gasteiger charge is 2.52. The minimum atomic E-state index is -0.387. The maximum atomic E-state index is 12.1. The molecule has 2 aromatic rings. The van der Waals surface area contributed by atoms with E-state index < -0.39 is 0 Å². The van der Waals surface area contributed by atoms with Crippen molar-refractivity contribution in [3.05, 3.63) is 39.4 Å². The van der Waals surface area contributed by atoms with Gasteiger partial charge < -0.3 is 35.1 Å². The van der Waals surface area contributed by atoms with Gasteiger partial charge in [-0.05, 0) is 44.7 Å². The molecule has 192 valence electrons. The van der Waals surface area contributed by atoms with Gasteiger partial charge in [0.25, 0.3) is 0 Å². The summed E-state index contributed by atoms with van der Waals surface area (Å²) in [6.07, 6.45) is 1.39. The number of fused-ring (bicyclic) bond motifs is 9. The first-order valence-electron chi connectivity index (χ1n) is 12.5. The summed E-state index contributed by atoms with van der Waals surface area (Å²) in [7, 11) is 1.58. The van der Waals surface area contributed by atoms with Crippen molar-refractivity contribution in [3.63, 3.8) is 0 Å². The number of aromatic hydroxyl groups is 1. The lowest BCUT2D eigenvalue weighted by Crippen LogP contribution is -2.68. The summed E-state index contributed by atoms with van der Waals surface area (Å²) < 4.78 is 23.2. The van der Waals surface area contributed by atoms with Crippen molar-refractivity contribution >= 4 is 5.97 Å². The SMILES string of the molecule is COc1c(C)cc2c(c1O)[C@H]1N[C@@H](C2)[C@H](C)N2C1Cc1c(OC(C)=O)c(C)c3c(c1[C@@H]2CN)OCO3. The van der Waals surface area contributed by atoms with Gasteiger partial charge in [-0.25, -0.2) is 0 Å². The van der Waals surface area contributed by atoms with E-state index in [1.165, 1.54) is 6.92 Å². The van der Waals surface area contributed by atoms with Crippen LogP contribution in [0.3, 0.4) is 0 Å². The number of benzene rings is 2. The van der Waals surface area contributed by atoms with Gasteiger partial charge in [0.05, 0.1) is 19.2 Å². The lowest BCUT2D eigenvalue weighted by molar-refractivity contribution is -0.132. The number of carbonyl (C=O) groups is 1. The number of nitrogens with zero attached hydrogens (tertiary/aromatic N) is 1. The van der Waals surface area contributed by atoms with Gasteiger partial charge in [0.1, 0.15) is 5.75 Å². The standard InChI is InChI=1S/C27H33N3O6/c1-11-6-15-7-17-13(3)30-18(22(29-17)20(15)23(32)24(11)33-5)8-16-21(19(30)9-28)27-26(34-10-35-27)12(2)25(16)36-14(4)31/h6,13,17-19,22,29,32H,7-10,28H2,1-5H3/t13-,17-,18?,19-,22-/m0/s1. The maximum Gasteiger partial charge on any atom is 0.308 e. The Bertz CT molecular complexity index is 1280. The number of nitrogens with one attached hydrogen (secondary N) is 1. The van der Waals surface area contributed by atoms with E-state index in [1.54, 1.807) is 7.11 Å². The van der Waals surface area contributed by atoms with Gasteiger partial charge in [-0.1, -0.05) is 6.07 Å². The molecule has 4 heterocycles. The summed E-state index contributed by atoms with van der Waals surface area (Å²) in [6, 6.07) is 2.14. The molecule has 0 aromatic heterocycles. The molecule has 9 nitrogen and oxygen atoms in total. The van der Waals surface area contributed by atoms with Crippen LogP contribution in [0.4, 0.5) is 0 Å². The van der Waals surface area contributed by atoms with E-state index >= 15 is 0 Å². The van der Waals surface area contributed by atoms with E-state index in [-0.39, 0.29) is 48.7 Å². The first-order chi connectivity index (χ1) is 17.3. The van der Waals surface area contributed by atoms with Gasteiger partial charge in [-0.3, -0.25) is 9.69 Å². The molecule has 6 rings (SSSR count). The minimum absolute atomic E-state index is 0.0382. The molecule has 1 saturated heterocycles. The second-order valence-electron chi connectivity index (χ2n) is 10.3. The molecule has 0 radical (unpaired) electrons. The summed E-state index contributed by atoms with van der Waals surface area (Å²) in [4.78, 5) is 14.6. The molecular weight excluding hydrogens is 462 g/mol. The van der Waals surface area contributed by atoms with E-state index in [1.807, 2.05) is 13.8 Å². The normalized spacial score (nSPS) is 27.7. The number of hydrogen-bond donors (Lipinski definition) is 3. The van der Waals surface area contributed by atoms with Crippen LogP contribution < -0.4 is 30.0 Å². The fourth-order valence-electron chi connectivity index (χ4n) is 7.06. The molecule has 4 aliphatic heterocycles. The lowest BCUT2D eigenvalue weighted by atomic mass is 9.72. The number of aryl methyl sites for hydroxylation is 1. The number of piperazine rings is 1. The number of carbonyl (C=O) groups excluding carboxylic acids is 1. The second-order valence-corrected chi connectivity index (χ2v) is 10.3. The Kier molecular flexibility index (Phi) is 5.37. The molecule has 2 bridgehead atoms. The summed E-state index contributed by atoms with van der Waals surface area (Å²) in [5, 5.41) is 15.1. The van der Waals surface area contributed by atoms with Gasteiger partial charge in [0.2, 0.25) is 6.79 Å². The van der Waals surface area contributed by atoms with Crippen LogP contribution >= 0.6 is 0 Å².